The van der Waals surface area contributed by atoms with Crippen molar-refractivity contribution in [1.29, 1.82) is 0 Å². The van der Waals surface area contributed by atoms with Crippen molar-refractivity contribution < 1.29 is 19.4 Å². The van der Waals surface area contributed by atoms with Crippen LogP contribution in [-0.4, -0.2) is 58.7 Å². The molecule has 1 aliphatic rings. The van der Waals surface area contributed by atoms with E-state index in [1.54, 1.807) is 16.8 Å². The van der Waals surface area contributed by atoms with Crippen LogP contribution in [0, 0.1) is 11.8 Å². The molecule has 0 radical (unpaired) electrons. The smallest absolute Gasteiger partial charge is 0.263 e. The molecule has 1 saturated heterocycles. The van der Waals surface area contributed by atoms with Gasteiger partial charge in [0.25, 0.3) is 5.56 Å². The van der Waals surface area contributed by atoms with E-state index in [0.29, 0.717) is 29.6 Å². The van der Waals surface area contributed by atoms with Gasteiger partial charge in [-0.15, -0.1) is 6.58 Å². The number of hydroxylamine groups is 1. The Labute approximate surface area is 161 Å². The number of rotatable bonds is 7. The normalized spacial score (nSPS) is 21.6. The average molecular weight is 389 g/mol. The van der Waals surface area contributed by atoms with Crippen LogP contribution < -0.4 is 16.8 Å². The van der Waals surface area contributed by atoms with E-state index in [9.17, 15) is 9.90 Å². The van der Waals surface area contributed by atoms with Crippen molar-refractivity contribution in [1.82, 2.24) is 20.0 Å². The second kappa shape index (κ2) is 9.01. The first-order valence-corrected chi connectivity index (χ1v) is 8.72. The molecule has 2 aromatic heterocycles. The zero-order valence-electron chi connectivity index (χ0n) is 15.5. The van der Waals surface area contributed by atoms with Gasteiger partial charge in [-0.2, -0.15) is 10.5 Å². The number of ether oxygens (including phenoxy) is 2. The van der Waals surface area contributed by atoms with Gasteiger partial charge < -0.3 is 29.7 Å². The van der Waals surface area contributed by atoms with Crippen molar-refractivity contribution in [3.8, 4) is 11.8 Å². The minimum Gasteiger partial charge on any atom is -0.394 e. The molecule has 10 heteroatoms. The monoisotopic (exact) mass is 389 g/mol. The van der Waals surface area contributed by atoms with Crippen LogP contribution in [0.15, 0.2) is 23.6 Å². The number of aliphatic hydroxyl groups excluding tert-OH is 1. The van der Waals surface area contributed by atoms with Gasteiger partial charge in [-0.25, -0.2) is 0 Å². The molecule has 5 N–H and O–H groups in total. The minimum atomic E-state index is -0.498. The highest BCUT2D eigenvalue weighted by Gasteiger charge is 2.37. The molecule has 3 heterocycles. The molecule has 3 unspecified atom stereocenters. The number of nitrogens with zero attached hydrogens (tertiary/aromatic N) is 2. The third-order valence-electron chi connectivity index (χ3n) is 4.33. The lowest BCUT2D eigenvalue weighted by Crippen LogP contribution is -2.27. The first-order chi connectivity index (χ1) is 13.6. The third kappa shape index (κ3) is 4.09. The van der Waals surface area contributed by atoms with Gasteiger partial charge in [0.2, 0.25) is 5.95 Å². The number of fused-ring (bicyclic) bond motifs is 1. The van der Waals surface area contributed by atoms with Crippen LogP contribution >= 0.6 is 0 Å². The van der Waals surface area contributed by atoms with E-state index in [4.69, 9.17) is 20.0 Å². The number of aliphatic hydroxyl groups is 1. The van der Waals surface area contributed by atoms with Gasteiger partial charge in [0.05, 0.1) is 43.9 Å². The van der Waals surface area contributed by atoms with Crippen LogP contribution in [0.25, 0.3) is 11.0 Å². The standard InChI is InChI=1S/C18H23N5O5/c1-3-7-27-12-8-14(28-13(12)10-24)23-9-11(5-4-6-20-26-2)15-16(23)21-18(19)22-17(15)25/h3,9,12-14,20,24H,1,6-8,10H2,2H3,(H3,19,21,22,25). The van der Waals surface area contributed by atoms with Crippen molar-refractivity contribution in [3.63, 3.8) is 0 Å². The SMILES string of the molecule is C=CCOC1CC(n2cc(C#CCNOC)c3c(=O)[nH]c(N)nc32)OC1CO. The molecule has 1 aliphatic heterocycles. The predicted octanol–water partition coefficient (Wildman–Crippen LogP) is -0.340. The Balaban J connectivity index is 2.00. The number of nitrogens with two attached hydrogens (primary N) is 1. The van der Waals surface area contributed by atoms with Gasteiger partial charge in [0.1, 0.15) is 12.3 Å². The molecule has 0 aliphatic carbocycles. The fraction of sp³-hybridized carbons (Fsp3) is 0.444. The fourth-order valence-corrected chi connectivity index (χ4v) is 3.14. The van der Waals surface area contributed by atoms with Crippen LogP contribution in [-0.2, 0) is 14.3 Å². The molecule has 2 aromatic rings. The average Bonchev–Trinajstić information content (AvgIpc) is 3.24. The van der Waals surface area contributed by atoms with E-state index in [1.807, 2.05) is 0 Å². The largest absolute Gasteiger partial charge is 0.394 e. The molecule has 0 spiro atoms. The zero-order valence-corrected chi connectivity index (χ0v) is 15.5. The molecular weight excluding hydrogens is 366 g/mol. The topological polar surface area (TPSA) is 137 Å². The molecule has 0 aromatic carbocycles. The van der Waals surface area contributed by atoms with Gasteiger partial charge in [-0.3, -0.25) is 9.78 Å². The van der Waals surface area contributed by atoms with Crippen LogP contribution in [0.1, 0.15) is 18.2 Å². The summed E-state index contributed by atoms with van der Waals surface area (Å²) in [5.41, 5.74) is 8.80. The Morgan fingerprint density at radius 2 is 2.46 bits per heavy atom. The molecule has 1 fully saturated rings. The molecule has 3 atom stereocenters. The van der Waals surface area contributed by atoms with Crippen molar-refractivity contribution in [2.45, 2.75) is 24.9 Å². The highest BCUT2D eigenvalue weighted by atomic mass is 16.6. The maximum absolute atomic E-state index is 12.5. The summed E-state index contributed by atoms with van der Waals surface area (Å²) < 4.78 is 13.3. The van der Waals surface area contributed by atoms with Crippen LogP contribution in [0.3, 0.4) is 0 Å². The lowest BCUT2D eigenvalue weighted by molar-refractivity contribution is -0.0560. The van der Waals surface area contributed by atoms with Crippen LogP contribution in [0.4, 0.5) is 5.95 Å². The van der Waals surface area contributed by atoms with E-state index in [0.717, 1.165) is 0 Å². The molecular formula is C18H23N5O5. The molecule has 150 valence electrons. The highest BCUT2D eigenvalue weighted by Crippen LogP contribution is 2.33. The number of aromatic amines is 1. The van der Waals surface area contributed by atoms with Gasteiger partial charge in [0, 0.05) is 12.6 Å². The fourth-order valence-electron chi connectivity index (χ4n) is 3.14. The van der Waals surface area contributed by atoms with Crippen molar-refractivity contribution >= 4 is 17.0 Å². The van der Waals surface area contributed by atoms with Gasteiger partial charge in [0.15, 0.2) is 5.65 Å². The highest BCUT2D eigenvalue weighted by molar-refractivity contribution is 5.83. The molecule has 0 saturated carbocycles. The van der Waals surface area contributed by atoms with E-state index >= 15 is 0 Å². The molecule has 0 amide bonds. The van der Waals surface area contributed by atoms with E-state index in [1.165, 1.54) is 7.11 Å². The quantitative estimate of drug-likeness (QED) is 0.219. The summed E-state index contributed by atoms with van der Waals surface area (Å²) in [4.78, 5) is 23.9. The van der Waals surface area contributed by atoms with E-state index in [-0.39, 0.29) is 30.8 Å². The van der Waals surface area contributed by atoms with Crippen LogP contribution in [0.5, 0.6) is 0 Å². The number of anilines is 1. The van der Waals surface area contributed by atoms with E-state index < -0.39 is 12.3 Å². The number of hydrogen-bond acceptors (Lipinski definition) is 8. The maximum atomic E-state index is 12.5. The summed E-state index contributed by atoms with van der Waals surface area (Å²) in [6, 6.07) is 0. The number of aromatic nitrogens is 3. The first-order valence-electron chi connectivity index (χ1n) is 8.72. The lowest BCUT2D eigenvalue weighted by atomic mass is 10.2. The zero-order chi connectivity index (χ0) is 20.1. The van der Waals surface area contributed by atoms with Gasteiger partial charge in [-0.05, 0) is 0 Å². The second-order valence-electron chi connectivity index (χ2n) is 6.13. The second-order valence-corrected chi connectivity index (χ2v) is 6.13. The Bertz CT molecular complexity index is 957. The predicted molar refractivity (Wildman–Crippen MR) is 102 cm³/mol. The Morgan fingerprint density at radius 1 is 1.64 bits per heavy atom. The molecule has 10 nitrogen and oxygen atoms in total. The van der Waals surface area contributed by atoms with E-state index in [2.05, 4.69) is 33.9 Å². The Hall–Kier alpha value is -2.68. The van der Waals surface area contributed by atoms with Crippen molar-refractivity contribution in [3.05, 3.63) is 34.8 Å². The first kappa shape index (κ1) is 20.1. The minimum absolute atomic E-state index is 0.00595. The molecule has 0 bridgehead atoms. The van der Waals surface area contributed by atoms with Crippen LogP contribution in [0.2, 0.25) is 0 Å². The third-order valence-corrected chi connectivity index (χ3v) is 4.33. The number of H-pyrrole nitrogens is 1. The van der Waals surface area contributed by atoms with Gasteiger partial charge in [-0.1, -0.05) is 17.9 Å². The Morgan fingerprint density at radius 3 is 3.18 bits per heavy atom. The number of nitrogen functional groups attached to an aromatic ring is 1. The van der Waals surface area contributed by atoms with Crippen molar-refractivity contribution in [2.75, 3.05) is 32.6 Å². The summed E-state index contributed by atoms with van der Waals surface area (Å²) >= 11 is 0. The summed E-state index contributed by atoms with van der Waals surface area (Å²) in [6.45, 7) is 4.07. The summed E-state index contributed by atoms with van der Waals surface area (Å²) in [5, 5.41) is 9.92. The molecule has 28 heavy (non-hydrogen) atoms. The van der Waals surface area contributed by atoms with Crippen molar-refractivity contribution in [2.24, 2.45) is 0 Å². The summed E-state index contributed by atoms with van der Waals surface area (Å²) in [5.74, 6) is 5.80. The lowest BCUT2D eigenvalue weighted by Gasteiger charge is -2.15. The summed E-state index contributed by atoms with van der Waals surface area (Å²) in [6.07, 6.45) is 2.50. The number of hydrogen-bond donors (Lipinski definition) is 4. The summed E-state index contributed by atoms with van der Waals surface area (Å²) in [7, 11) is 1.49. The van der Waals surface area contributed by atoms with Gasteiger partial charge >= 0.3 is 0 Å². The maximum Gasteiger partial charge on any atom is 0.263 e. The number of nitrogens with one attached hydrogen (secondary N) is 2. The molecule has 3 rings (SSSR count). The Kier molecular flexibility index (Phi) is 6.45.